The van der Waals surface area contributed by atoms with Crippen LogP contribution in [0, 0.1) is 7.14 Å². The minimum absolute atomic E-state index is 0.626. The predicted octanol–water partition coefficient (Wildman–Crippen LogP) is 2.15. The van der Waals surface area contributed by atoms with E-state index in [2.05, 4.69) is 45.2 Å². The van der Waals surface area contributed by atoms with Crippen molar-refractivity contribution in [3.63, 3.8) is 0 Å². The monoisotopic (exact) mass is 417 g/mol. The van der Waals surface area contributed by atoms with E-state index in [-0.39, 0.29) is 0 Å². The van der Waals surface area contributed by atoms with Crippen molar-refractivity contribution in [1.82, 2.24) is 0 Å². The number of hydrogen-bond donors (Lipinski definition) is 2. The van der Waals surface area contributed by atoms with Crippen LogP contribution in [0.15, 0.2) is 18.2 Å². The maximum Gasteiger partial charge on any atom is 0.328 e. The number of hydrogen-bond acceptors (Lipinski definition) is 2. The molecule has 3 nitrogen and oxygen atoms in total. The van der Waals surface area contributed by atoms with E-state index in [9.17, 15) is 4.79 Å². The fraction of sp³-hybridized carbons (Fsp3) is 0.222. The fourth-order valence-corrected chi connectivity index (χ4v) is 2.91. The highest BCUT2D eigenvalue weighted by Crippen LogP contribution is 2.23. The van der Waals surface area contributed by atoms with Crippen LogP contribution in [0.3, 0.4) is 0 Å². The lowest BCUT2D eigenvalue weighted by atomic mass is 9.94. The van der Waals surface area contributed by atoms with Crippen LogP contribution in [0.4, 0.5) is 0 Å². The highest BCUT2D eigenvalue weighted by atomic mass is 127. The van der Waals surface area contributed by atoms with Gasteiger partial charge in [-0.15, -0.1) is 0 Å². The number of carbonyl (C=O) groups is 1. The lowest BCUT2D eigenvalue weighted by Gasteiger charge is -2.20. The molecular weight excluding hydrogens is 408 g/mol. The quantitative estimate of drug-likeness (QED) is 0.726. The van der Waals surface area contributed by atoms with E-state index < -0.39 is 11.5 Å². The van der Waals surface area contributed by atoms with Gasteiger partial charge in [0, 0.05) is 7.14 Å². The minimum atomic E-state index is -1.32. The summed E-state index contributed by atoms with van der Waals surface area (Å²) in [7, 11) is 0. The van der Waals surface area contributed by atoms with Crippen molar-refractivity contribution < 1.29 is 9.90 Å². The molecule has 0 bridgehead atoms. The fourth-order valence-electron chi connectivity index (χ4n) is 0.977. The third-order valence-corrected chi connectivity index (χ3v) is 3.15. The number of carboxylic acid groups (broad SMARTS) is 1. The Labute approximate surface area is 109 Å². The van der Waals surface area contributed by atoms with Crippen molar-refractivity contribution in [1.29, 1.82) is 0 Å². The summed E-state index contributed by atoms with van der Waals surface area (Å²) in [5.74, 6) is -1.02. The summed E-state index contributed by atoms with van der Waals surface area (Å²) in [4.78, 5) is 10.9. The van der Waals surface area contributed by atoms with Gasteiger partial charge in [-0.05, 0) is 75.9 Å². The minimum Gasteiger partial charge on any atom is -0.480 e. The van der Waals surface area contributed by atoms with Gasteiger partial charge in [-0.2, -0.15) is 0 Å². The van der Waals surface area contributed by atoms with Gasteiger partial charge >= 0.3 is 5.97 Å². The second-order valence-corrected chi connectivity index (χ2v) is 5.66. The molecule has 5 heteroatoms. The van der Waals surface area contributed by atoms with Crippen molar-refractivity contribution >= 4 is 51.2 Å². The summed E-state index contributed by atoms with van der Waals surface area (Å²) < 4.78 is 1.98. The molecule has 0 aromatic heterocycles. The molecule has 0 heterocycles. The summed E-state index contributed by atoms with van der Waals surface area (Å²) >= 11 is 4.28. The zero-order valence-corrected chi connectivity index (χ0v) is 11.7. The molecule has 0 saturated carbocycles. The molecule has 14 heavy (non-hydrogen) atoms. The molecule has 3 N–H and O–H groups in total. The van der Waals surface area contributed by atoms with Crippen LogP contribution in [0.1, 0.15) is 12.5 Å². The Morgan fingerprint density at radius 2 is 1.79 bits per heavy atom. The van der Waals surface area contributed by atoms with Crippen molar-refractivity contribution in [2.75, 3.05) is 0 Å². The Bertz CT molecular complexity index is 357. The highest BCUT2D eigenvalue weighted by Gasteiger charge is 2.30. The first-order valence-electron chi connectivity index (χ1n) is 3.83. The molecule has 0 aliphatic heterocycles. The lowest BCUT2D eigenvalue weighted by Crippen LogP contribution is -2.41. The van der Waals surface area contributed by atoms with Crippen molar-refractivity contribution in [3.8, 4) is 0 Å². The average molecular weight is 417 g/mol. The second kappa shape index (κ2) is 4.31. The number of benzene rings is 1. The predicted molar refractivity (Wildman–Crippen MR) is 71.1 cm³/mol. The second-order valence-electron chi connectivity index (χ2n) is 3.17. The van der Waals surface area contributed by atoms with Crippen LogP contribution < -0.4 is 5.73 Å². The molecule has 0 fully saturated rings. The molecule has 0 aliphatic carbocycles. The van der Waals surface area contributed by atoms with Gasteiger partial charge in [-0.25, -0.2) is 4.79 Å². The summed E-state index contributed by atoms with van der Waals surface area (Å²) in [5, 5.41) is 8.95. The van der Waals surface area contributed by atoms with Gasteiger partial charge in [0.1, 0.15) is 5.54 Å². The molecule has 0 amide bonds. The first-order chi connectivity index (χ1) is 6.34. The Kier molecular flexibility index (Phi) is 3.75. The Balaban J connectivity index is 3.25. The first-order valence-corrected chi connectivity index (χ1v) is 5.98. The number of halogens is 2. The van der Waals surface area contributed by atoms with E-state index in [0.29, 0.717) is 5.56 Å². The molecule has 1 aromatic carbocycles. The summed E-state index contributed by atoms with van der Waals surface area (Å²) in [6, 6.07) is 5.54. The lowest BCUT2D eigenvalue weighted by molar-refractivity contribution is -0.143. The third-order valence-electron chi connectivity index (χ3n) is 1.91. The van der Waals surface area contributed by atoms with E-state index in [4.69, 9.17) is 10.8 Å². The topological polar surface area (TPSA) is 63.3 Å². The molecule has 0 aliphatic rings. The van der Waals surface area contributed by atoms with Crippen LogP contribution in [-0.4, -0.2) is 11.1 Å². The molecule has 0 saturated heterocycles. The summed E-state index contributed by atoms with van der Waals surface area (Å²) in [5.41, 5.74) is 5.02. The summed E-state index contributed by atoms with van der Waals surface area (Å²) in [6.07, 6.45) is 0. The van der Waals surface area contributed by atoms with E-state index in [1.807, 2.05) is 6.07 Å². The van der Waals surface area contributed by atoms with Gasteiger partial charge in [0.25, 0.3) is 0 Å². The van der Waals surface area contributed by atoms with Crippen molar-refractivity contribution in [2.45, 2.75) is 12.5 Å². The van der Waals surface area contributed by atoms with Crippen LogP contribution in [-0.2, 0) is 10.3 Å². The van der Waals surface area contributed by atoms with Crippen LogP contribution in [0.25, 0.3) is 0 Å². The molecule has 0 unspecified atom stereocenters. The third kappa shape index (κ3) is 2.57. The largest absolute Gasteiger partial charge is 0.480 e. The van der Waals surface area contributed by atoms with Crippen LogP contribution >= 0.6 is 45.2 Å². The Hall–Kier alpha value is 0.110. The van der Waals surface area contributed by atoms with Gasteiger partial charge in [0.15, 0.2) is 0 Å². The number of aliphatic carboxylic acids is 1. The van der Waals surface area contributed by atoms with E-state index >= 15 is 0 Å². The zero-order valence-electron chi connectivity index (χ0n) is 7.42. The number of rotatable bonds is 2. The zero-order chi connectivity index (χ0) is 10.9. The van der Waals surface area contributed by atoms with E-state index in [0.717, 1.165) is 7.14 Å². The summed E-state index contributed by atoms with van der Waals surface area (Å²) in [6.45, 7) is 1.50. The number of carboxylic acids is 1. The Morgan fingerprint density at radius 1 is 1.36 bits per heavy atom. The number of nitrogens with two attached hydrogens (primary N) is 1. The average Bonchev–Trinajstić information content (AvgIpc) is 2.01. The molecule has 0 radical (unpaired) electrons. The van der Waals surface area contributed by atoms with E-state index in [1.165, 1.54) is 6.92 Å². The van der Waals surface area contributed by atoms with Gasteiger partial charge in [-0.3, -0.25) is 0 Å². The normalized spacial score (nSPS) is 14.9. The van der Waals surface area contributed by atoms with Crippen LogP contribution in [0.5, 0.6) is 0 Å². The molecule has 76 valence electrons. The van der Waals surface area contributed by atoms with Crippen LogP contribution in [0.2, 0.25) is 0 Å². The first kappa shape index (κ1) is 12.2. The smallest absolute Gasteiger partial charge is 0.328 e. The van der Waals surface area contributed by atoms with Gasteiger partial charge in [0.05, 0.1) is 0 Å². The van der Waals surface area contributed by atoms with Crippen molar-refractivity contribution in [3.05, 3.63) is 30.9 Å². The molecule has 1 rings (SSSR count). The SMILES string of the molecule is C[C@](N)(C(=O)O)c1cc(I)cc(I)c1. The van der Waals surface area contributed by atoms with E-state index in [1.54, 1.807) is 12.1 Å². The molecular formula is C9H9I2NO2. The Morgan fingerprint density at radius 3 is 2.14 bits per heavy atom. The standard InChI is InChI=1S/C9H9I2NO2/c1-9(12,8(13)14)5-2-6(10)4-7(11)3-5/h2-4H,12H2,1H3,(H,13,14)/t9-/m1/s1. The maximum absolute atomic E-state index is 10.9. The highest BCUT2D eigenvalue weighted by molar-refractivity contribution is 14.1. The van der Waals surface area contributed by atoms with Gasteiger partial charge < -0.3 is 10.8 Å². The molecule has 1 aromatic rings. The van der Waals surface area contributed by atoms with Gasteiger partial charge in [-0.1, -0.05) is 0 Å². The van der Waals surface area contributed by atoms with Gasteiger partial charge in [0.2, 0.25) is 0 Å². The maximum atomic E-state index is 10.9. The molecule has 0 spiro atoms. The van der Waals surface area contributed by atoms with Crippen molar-refractivity contribution in [2.24, 2.45) is 5.73 Å². The molecule has 1 atom stereocenters.